The molecule has 0 aliphatic rings. The van der Waals surface area contributed by atoms with E-state index in [1.165, 1.54) is 13.2 Å². The third kappa shape index (κ3) is 2.41. The maximum atomic E-state index is 12.5. The van der Waals surface area contributed by atoms with Crippen LogP contribution in [0.1, 0.15) is 28.2 Å². The standard InChI is InChI=1S/C9H8ClF2NO2/c1-15-7-2-5(4-14)8(9(11)12)13-6(7)3-10/h2,4,9H,3H2,1H3. The second-order valence-electron chi connectivity index (χ2n) is 2.66. The number of aldehydes is 1. The highest BCUT2D eigenvalue weighted by molar-refractivity contribution is 6.17. The van der Waals surface area contributed by atoms with Crippen molar-refractivity contribution in [3.8, 4) is 5.75 Å². The molecule has 3 nitrogen and oxygen atoms in total. The summed E-state index contributed by atoms with van der Waals surface area (Å²) in [7, 11) is 1.35. The fraction of sp³-hybridized carbons (Fsp3) is 0.333. The molecule has 0 aliphatic carbocycles. The molecule has 0 unspecified atom stereocenters. The Labute approximate surface area is 90.0 Å². The number of pyridine rings is 1. The highest BCUT2D eigenvalue weighted by Crippen LogP contribution is 2.26. The molecule has 0 aromatic carbocycles. The second kappa shape index (κ2) is 5.02. The van der Waals surface area contributed by atoms with Gasteiger partial charge in [-0.2, -0.15) is 0 Å². The number of carbonyl (C=O) groups is 1. The molecule has 0 saturated heterocycles. The summed E-state index contributed by atoms with van der Waals surface area (Å²) in [6, 6.07) is 1.21. The SMILES string of the molecule is COc1cc(C=O)c(C(F)F)nc1CCl. The molecule has 1 rings (SSSR count). The first-order valence-electron chi connectivity index (χ1n) is 4.01. The van der Waals surface area contributed by atoms with Crippen LogP contribution in [-0.4, -0.2) is 18.4 Å². The van der Waals surface area contributed by atoms with Crippen LogP contribution in [0.5, 0.6) is 5.75 Å². The van der Waals surface area contributed by atoms with Gasteiger partial charge >= 0.3 is 0 Å². The fourth-order valence-corrected chi connectivity index (χ4v) is 1.30. The van der Waals surface area contributed by atoms with Gasteiger partial charge in [0.2, 0.25) is 0 Å². The van der Waals surface area contributed by atoms with Gasteiger partial charge in [0.25, 0.3) is 6.43 Å². The Hall–Kier alpha value is -1.23. The molecule has 0 fully saturated rings. The van der Waals surface area contributed by atoms with Crippen LogP contribution in [0.15, 0.2) is 6.07 Å². The Morgan fingerprint density at radius 3 is 2.73 bits per heavy atom. The zero-order valence-corrected chi connectivity index (χ0v) is 8.59. The highest BCUT2D eigenvalue weighted by Gasteiger charge is 2.18. The third-order valence-corrected chi connectivity index (χ3v) is 2.06. The van der Waals surface area contributed by atoms with Gasteiger partial charge in [0, 0.05) is 5.56 Å². The Bertz CT molecular complexity index is 371. The molecule has 0 N–H and O–H groups in total. The monoisotopic (exact) mass is 235 g/mol. The van der Waals surface area contributed by atoms with Crippen LogP contribution in [-0.2, 0) is 5.88 Å². The maximum Gasteiger partial charge on any atom is 0.281 e. The van der Waals surface area contributed by atoms with Gasteiger partial charge in [0.15, 0.2) is 6.29 Å². The van der Waals surface area contributed by atoms with Crippen molar-refractivity contribution in [1.29, 1.82) is 0 Å². The molecule has 0 aliphatic heterocycles. The number of halogens is 3. The van der Waals surface area contributed by atoms with Gasteiger partial charge in [-0.15, -0.1) is 11.6 Å². The first-order valence-corrected chi connectivity index (χ1v) is 4.54. The number of hydrogen-bond donors (Lipinski definition) is 0. The van der Waals surface area contributed by atoms with Crippen LogP contribution in [0.25, 0.3) is 0 Å². The van der Waals surface area contributed by atoms with Crippen LogP contribution in [0, 0.1) is 0 Å². The van der Waals surface area contributed by atoms with Crippen molar-refractivity contribution < 1.29 is 18.3 Å². The van der Waals surface area contributed by atoms with E-state index >= 15 is 0 Å². The molecule has 1 heterocycles. The minimum absolute atomic E-state index is 0.0535. The van der Waals surface area contributed by atoms with Crippen molar-refractivity contribution in [2.24, 2.45) is 0 Å². The molecule has 0 spiro atoms. The minimum Gasteiger partial charge on any atom is -0.495 e. The van der Waals surface area contributed by atoms with Crippen LogP contribution in [0.4, 0.5) is 8.78 Å². The predicted molar refractivity (Wildman–Crippen MR) is 50.7 cm³/mol. The molecule has 0 amide bonds. The molecule has 15 heavy (non-hydrogen) atoms. The lowest BCUT2D eigenvalue weighted by atomic mass is 10.2. The number of nitrogens with zero attached hydrogens (tertiary/aromatic N) is 1. The van der Waals surface area contributed by atoms with Gasteiger partial charge < -0.3 is 4.74 Å². The Morgan fingerprint density at radius 1 is 1.67 bits per heavy atom. The Balaban J connectivity index is 3.34. The van der Waals surface area contributed by atoms with Gasteiger partial charge in [-0.1, -0.05) is 0 Å². The molecule has 6 heteroatoms. The minimum atomic E-state index is -2.81. The molecule has 0 bridgehead atoms. The summed E-state index contributed by atoms with van der Waals surface area (Å²) < 4.78 is 29.8. The van der Waals surface area contributed by atoms with Gasteiger partial charge in [0.05, 0.1) is 18.7 Å². The summed E-state index contributed by atoms with van der Waals surface area (Å²) in [6.07, 6.45) is -2.49. The van der Waals surface area contributed by atoms with Gasteiger partial charge in [0.1, 0.15) is 11.4 Å². The number of aromatic nitrogens is 1. The fourth-order valence-electron chi connectivity index (χ4n) is 1.11. The average molecular weight is 236 g/mol. The predicted octanol–water partition coefficient (Wildman–Crippen LogP) is 2.58. The van der Waals surface area contributed by atoms with Crippen molar-refractivity contribution in [3.63, 3.8) is 0 Å². The van der Waals surface area contributed by atoms with Gasteiger partial charge in [-0.25, -0.2) is 13.8 Å². The number of methoxy groups -OCH3 is 1. The Morgan fingerprint density at radius 2 is 2.33 bits per heavy atom. The largest absolute Gasteiger partial charge is 0.495 e. The quantitative estimate of drug-likeness (QED) is 0.595. The molecule has 0 atom stereocenters. The van der Waals surface area contributed by atoms with Crippen molar-refractivity contribution >= 4 is 17.9 Å². The number of carbonyl (C=O) groups excluding carboxylic acids is 1. The van der Waals surface area contributed by atoms with Crippen LogP contribution in [0.3, 0.4) is 0 Å². The first-order chi connectivity index (χ1) is 7.13. The third-order valence-electron chi connectivity index (χ3n) is 1.80. The van der Waals surface area contributed by atoms with Crippen molar-refractivity contribution in [1.82, 2.24) is 4.98 Å². The van der Waals surface area contributed by atoms with E-state index in [1.54, 1.807) is 0 Å². The van der Waals surface area contributed by atoms with Crippen molar-refractivity contribution in [2.45, 2.75) is 12.3 Å². The van der Waals surface area contributed by atoms with E-state index in [4.69, 9.17) is 16.3 Å². The van der Waals surface area contributed by atoms with E-state index in [0.717, 1.165) is 0 Å². The number of hydrogen-bond acceptors (Lipinski definition) is 3. The average Bonchev–Trinajstić information content (AvgIpc) is 2.26. The van der Waals surface area contributed by atoms with Gasteiger partial charge in [-0.3, -0.25) is 4.79 Å². The topological polar surface area (TPSA) is 39.2 Å². The summed E-state index contributed by atoms with van der Waals surface area (Å²) in [5.74, 6) is 0.179. The summed E-state index contributed by atoms with van der Waals surface area (Å²) in [5.41, 5.74) is -0.558. The Kier molecular flexibility index (Phi) is 3.96. The summed E-state index contributed by atoms with van der Waals surface area (Å²) in [6.45, 7) is 0. The number of alkyl halides is 3. The summed E-state index contributed by atoms with van der Waals surface area (Å²) in [4.78, 5) is 14.1. The number of ether oxygens (including phenoxy) is 1. The van der Waals surface area contributed by atoms with E-state index in [-0.39, 0.29) is 22.9 Å². The van der Waals surface area contributed by atoms with E-state index in [2.05, 4.69) is 4.98 Å². The molecule has 0 saturated carbocycles. The zero-order valence-electron chi connectivity index (χ0n) is 7.84. The molecule has 82 valence electrons. The van der Waals surface area contributed by atoms with Gasteiger partial charge in [-0.05, 0) is 6.07 Å². The lowest BCUT2D eigenvalue weighted by Crippen LogP contribution is -2.03. The molecule has 1 aromatic heterocycles. The highest BCUT2D eigenvalue weighted by atomic mass is 35.5. The number of rotatable bonds is 4. The molecular formula is C9H8ClF2NO2. The lowest BCUT2D eigenvalue weighted by molar-refractivity contribution is 0.110. The zero-order chi connectivity index (χ0) is 11.4. The van der Waals surface area contributed by atoms with Crippen LogP contribution < -0.4 is 4.74 Å². The second-order valence-corrected chi connectivity index (χ2v) is 2.93. The summed E-state index contributed by atoms with van der Waals surface area (Å²) in [5, 5.41) is 0. The van der Waals surface area contributed by atoms with Crippen molar-refractivity contribution in [2.75, 3.05) is 7.11 Å². The van der Waals surface area contributed by atoms with E-state index in [9.17, 15) is 13.6 Å². The normalized spacial score (nSPS) is 10.5. The summed E-state index contributed by atoms with van der Waals surface area (Å²) >= 11 is 5.51. The van der Waals surface area contributed by atoms with E-state index < -0.39 is 12.1 Å². The lowest BCUT2D eigenvalue weighted by Gasteiger charge is -2.09. The van der Waals surface area contributed by atoms with E-state index in [0.29, 0.717) is 6.29 Å². The van der Waals surface area contributed by atoms with Crippen molar-refractivity contribution in [3.05, 3.63) is 23.0 Å². The first kappa shape index (κ1) is 11.8. The maximum absolute atomic E-state index is 12.5. The van der Waals surface area contributed by atoms with Crippen LogP contribution >= 0.6 is 11.6 Å². The molecular weight excluding hydrogens is 228 g/mol. The molecule has 1 aromatic rings. The smallest absolute Gasteiger partial charge is 0.281 e. The van der Waals surface area contributed by atoms with Crippen LogP contribution in [0.2, 0.25) is 0 Å². The van der Waals surface area contributed by atoms with E-state index in [1.807, 2.05) is 0 Å². The molecule has 0 radical (unpaired) electrons.